The lowest BCUT2D eigenvalue weighted by molar-refractivity contribution is -0.118. The number of benzene rings is 1. The van der Waals surface area contributed by atoms with Crippen LogP contribution in [0.2, 0.25) is 5.02 Å². The van der Waals surface area contributed by atoms with Crippen molar-refractivity contribution in [3.63, 3.8) is 0 Å². The molecule has 1 amide bonds. The van der Waals surface area contributed by atoms with Crippen LogP contribution in [-0.4, -0.2) is 23.0 Å². The Hall–Kier alpha value is -1.95. The summed E-state index contributed by atoms with van der Waals surface area (Å²) in [5.41, 5.74) is 10.8. The van der Waals surface area contributed by atoms with Crippen molar-refractivity contribution in [1.29, 1.82) is 0 Å². The van der Waals surface area contributed by atoms with Crippen LogP contribution >= 0.6 is 11.6 Å². The molecular weight excluding hydrogens is 246 g/mol. The van der Waals surface area contributed by atoms with Gasteiger partial charge in [0, 0.05) is 5.69 Å². The minimum absolute atomic E-state index is 0.108. The molecule has 1 unspecified atom stereocenters. The molecule has 1 atom stereocenters. The fourth-order valence-corrected chi connectivity index (χ4v) is 1.51. The number of nitrogen functional groups attached to an aromatic ring is 1. The first-order valence-electron chi connectivity index (χ1n) is 4.71. The van der Waals surface area contributed by atoms with Crippen molar-refractivity contribution in [2.24, 2.45) is 5.73 Å². The number of rotatable bonds is 4. The summed E-state index contributed by atoms with van der Waals surface area (Å²) in [7, 11) is 0. The van der Waals surface area contributed by atoms with E-state index in [0.717, 1.165) is 0 Å². The van der Waals surface area contributed by atoms with E-state index in [2.05, 4.69) is 5.32 Å². The number of carboxylic acids is 1. The van der Waals surface area contributed by atoms with Gasteiger partial charge >= 0.3 is 5.97 Å². The molecule has 7 heteroatoms. The summed E-state index contributed by atoms with van der Waals surface area (Å²) in [5.74, 6) is -1.81. The molecule has 6 nitrogen and oxygen atoms in total. The molecule has 0 saturated heterocycles. The number of carboxylic acid groups (broad SMARTS) is 1. The molecule has 0 spiro atoms. The quantitative estimate of drug-likeness (QED) is 0.598. The first-order chi connectivity index (χ1) is 7.82. The van der Waals surface area contributed by atoms with Crippen LogP contribution in [0.4, 0.5) is 11.4 Å². The van der Waals surface area contributed by atoms with E-state index in [4.69, 9.17) is 28.2 Å². The van der Waals surface area contributed by atoms with E-state index < -0.39 is 17.9 Å². The zero-order chi connectivity index (χ0) is 13.2. The second-order valence-electron chi connectivity index (χ2n) is 3.50. The third kappa shape index (κ3) is 3.01. The van der Waals surface area contributed by atoms with Crippen molar-refractivity contribution < 1.29 is 14.7 Å². The lowest BCUT2D eigenvalue weighted by atomic mass is 10.1. The van der Waals surface area contributed by atoms with Gasteiger partial charge in [-0.15, -0.1) is 0 Å². The van der Waals surface area contributed by atoms with Gasteiger partial charge < -0.3 is 21.9 Å². The van der Waals surface area contributed by atoms with Crippen molar-refractivity contribution >= 4 is 34.9 Å². The van der Waals surface area contributed by atoms with Crippen LogP contribution in [-0.2, 0) is 4.79 Å². The van der Waals surface area contributed by atoms with Crippen LogP contribution in [0, 0.1) is 0 Å². The van der Waals surface area contributed by atoms with Crippen molar-refractivity contribution in [3.05, 3.63) is 22.7 Å². The topological polar surface area (TPSA) is 118 Å². The Morgan fingerprint density at radius 1 is 1.47 bits per heavy atom. The number of amides is 1. The molecule has 17 heavy (non-hydrogen) atoms. The Morgan fingerprint density at radius 2 is 2.06 bits per heavy atom. The van der Waals surface area contributed by atoms with Crippen LogP contribution in [0.25, 0.3) is 0 Å². The number of primary amides is 1. The Labute approximate surface area is 103 Å². The third-order valence-corrected chi connectivity index (χ3v) is 2.43. The standard InChI is InChI=1S/C10H12ClN3O3/c1-4(9(13)15)14-8-6(10(16)17)2-5(12)3-7(8)11/h2-4,14H,12H2,1H3,(H2,13,15)(H,16,17). The normalized spacial score (nSPS) is 11.9. The number of nitrogens with one attached hydrogen (secondary N) is 1. The summed E-state index contributed by atoms with van der Waals surface area (Å²) in [6.45, 7) is 1.50. The maximum atomic E-state index is 11.0. The molecule has 0 saturated carbocycles. The predicted octanol–water partition coefficient (Wildman–Crippen LogP) is 0.906. The molecule has 1 rings (SSSR count). The van der Waals surface area contributed by atoms with Gasteiger partial charge in [-0.3, -0.25) is 4.79 Å². The largest absolute Gasteiger partial charge is 0.478 e. The number of halogens is 1. The van der Waals surface area contributed by atoms with Crippen LogP contribution in [0.1, 0.15) is 17.3 Å². The molecule has 0 aliphatic rings. The summed E-state index contributed by atoms with van der Waals surface area (Å²) in [5, 5.41) is 11.8. The molecule has 0 aliphatic carbocycles. The maximum absolute atomic E-state index is 11.0. The zero-order valence-electron chi connectivity index (χ0n) is 9.03. The van der Waals surface area contributed by atoms with Crippen LogP contribution < -0.4 is 16.8 Å². The second kappa shape index (κ2) is 4.92. The van der Waals surface area contributed by atoms with Gasteiger partial charge in [0.05, 0.1) is 16.3 Å². The summed E-state index contributed by atoms with van der Waals surface area (Å²) in [6.07, 6.45) is 0. The second-order valence-corrected chi connectivity index (χ2v) is 3.91. The highest BCUT2D eigenvalue weighted by atomic mass is 35.5. The van der Waals surface area contributed by atoms with Gasteiger partial charge in [0.2, 0.25) is 5.91 Å². The fourth-order valence-electron chi connectivity index (χ4n) is 1.23. The van der Waals surface area contributed by atoms with Gasteiger partial charge in [-0.2, -0.15) is 0 Å². The molecule has 6 N–H and O–H groups in total. The molecule has 92 valence electrons. The Bertz CT molecular complexity index is 476. The van der Waals surface area contributed by atoms with Gasteiger partial charge in [-0.25, -0.2) is 4.79 Å². The van der Waals surface area contributed by atoms with Crippen molar-refractivity contribution in [2.45, 2.75) is 13.0 Å². The molecule has 1 aromatic carbocycles. The van der Waals surface area contributed by atoms with Gasteiger partial charge in [0.1, 0.15) is 6.04 Å². The van der Waals surface area contributed by atoms with E-state index in [9.17, 15) is 9.59 Å². The Balaban J connectivity index is 3.21. The third-order valence-electron chi connectivity index (χ3n) is 2.13. The van der Waals surface area contributed by atoms with E-state index in [-0.39, 0.29) is 22.0 Å². The van der Waals surface area contributed by atoms with Gasteiger partial charge in [0.15, 0.2) is 0 Å². The number of anilines is 2. The average molecular weight is 258 g/mol. The van der Waals surface area contributed by atoms with E-state index in [0.29, 0.717) is 0 Å². The highest BCUT2D eigenvalue weighted by Gasteiger charge is 2.18. The van der Waals surface area contributed by atoms with Crippen LogP contribution in [0.15, 0.2) is 12.1 Å². The van der Waals surface area contributed by atoms with Gasteiger partial charge in [0.25, 0.3) is 0 Å². The minimum Gasteiger partial charge on any atom is -0.478 e. The summed E-state index contributed by atoms with van der Waals surface area (Å²) in [4.78, 5) is 21.9. The molecule has 0 bridgehead atoms. The van der Waals surface area contributed by atoms with E-state index in [1.807, 2.05) is 0 Å². The number of carbonyl (C=O) groups excluding carboxylic acids is 1. The molecule has 0 heterocycles. The number of hydrogen-bond acceptors (Lipinski definition) is 4. The molecule has 0 radical (unpaired) electrons. The maximum Gasteiger partial charge on any atom is 0.337 e. The van der Waals surface area contributed by atoms with Gasteiger partial charge in [-0.05, 0) is 19.1 Å². The van der Waals surface area contributed by atoms with E-state index >= 15 is 0 Å². The number of nitrogens with two attached hydrogens (primary N) is 2. The lowest BCUT2D eigenvalue weighted by Gasteiger charge is -2.16. The summed E-state index contributed by atoms with van der Waals surface area (Å²) in [6, 6.07) is 1.91. The average Bonchev–Trinajstić information content (AvgIpc) is 2.20. The zero-order valence-corrected chi connectivity index (χ0v) is 9.78. The Kier molecular flexibility index (Phi) is 3.80. The number of carbonyl (C=O) groups is 2. The fraction of sp³-hybridized carbons (Fsp3) is 0.200. The number of aromatic carboxylic acids is 1. The highest BCUT2D eigenvalue weighted by molar-refractivity contribution is 6.34. The van der Waals surface area contributed by atoms with Crippen LogP contribution in [0.5, 0.6) is 0 Å². The molecule has 0 aromatic heterocycles. The first-order valence-corrected chi connectivity index (χ1v) is 5.09. The molecule has 1 aromatic rings. The monoisotopic (exact) mass is 257 g/mol. The summed E-state index contributed by atoms with van der Waals surface area (Å²) >= 11 is 5.87. The van der Waals surface area contributed by atoms with E-state index in [1.54, 1.807) is 0 Å². The molecular formula is C10H12ClN3O3. The molecule has 0 fully saturated rings. The molecule has 0 aliphatic heterocycles. The number of hydrogen-bond donors (Lipinski definition) is 4. The lowest BCUT2D eigenvalue weighted by Crippen LogP contribution is -2.33. The van der Waals surface area contributed by atoms with Crippen molar-refractivity contribution in [3.8, 4) is 0 Å². The highest BCUT2D eigenvalue weighted by Crippen LogP contribution is 2.29. The van der Waals surface area contributed by atoms with Crippen LogP contribution in [0.3, 0.4) is 0 Å². The smallest absolute Gasteiger partial charge is 0.337 e. The van der Waals surface area contributed by atoms with E-state index in [1.165, 1.54) is 19.1 Å². The minimum atomic E-state index is -1.20. The first kappa shape index (κ1) is 13.1. The van der Waals surface area contributed by atoms with Crippen molar-refractivity contribution in [1.82, 2.24) is 0 Å². The van der Waals surface area contributed by atoms with Crippen molar-refractivity contribution in [2.75, 3.05) is 11.1 Å². The SMILES string of the molecule is CC(Nc1c(Cl)cc(N)cc1C(=O)O)C(N)=O. The Morgan fingerprint density at radius 3 is 2.53 bits per heavy atom. The predicted molar refractivity (Wildman–Crippen MR) is 65.1 cm³/mol. The van der Waals surface area contributed by atoms with Gasteiger partial charge in [-0.1, -0.05) is 11.6 Å². The summed E-state index contributed by atoms with van der Waals surface area (Å²) < 4.78 is 0.